The summed E-state index contributed by atoms with van der Waals surface area (Å²) in [5.74, 6) is 3.28. The zero-order valence-electron chi connectivity index (χ0n) is 19.4. The molecule has 0 spiro atoms. The van der Waals surface area contributed by atoms with Gasteiger partial charge in [-0.05, 0) is 34.4 Å². The fraction of sp³-hybridized carbons (Fsp3) is 0.143. The second-order valence-corrected chi connectivity index (χ2v) is 7.51. The summed E-state index contributed by atoms with van der Waals surface area (Å²) in [6.45, 7) is -0.0303. The minimum absolute atomic E-state index is 0.0303. The largest absolute Gasteiger partial charge is 0.493 e. The number of carbonyl (C=O) groups excluding carboxylic acids is 1. The van der Waals surface area contributed by atoms with Crippen LogP contribution in [0.4, 0.5) is 5.88 Å². The maximum absolute atomic E-state index is 13.2. The average Bonchev–Trinajstić information content (AvgIpc) is 3.37. The Morgan fingerprint density at radius 3 is 2.34 bits per heavy atom. The molecule has 35 heavy (non-hydrogen) atoms. The second-order valence-electron chi connectivity index (χ2n) is 7.51. The van der Waals surface area contributed by atoms with Crippen LogP contribution in [0.2, 0.25) is 0 Å². The van der Waals surface area contributed by atoms with E-state index in [1.807, 2.05) is 60.7 Å². The number of amides is 1. The molecule has 0 bridgehead atoms. The summed E-state index contributed by atoms with van der Waals surface area (Å²) in [5, 5.41) is 6.63. The first-order chi connectivity index (χ1) is 17.1. The zero-order chi connectivity index (χ0) is 24.6. The lowest BCUT2D eigenvalue weighted by Crippen LogP contribution is -2.23. The van der Waals surface area contributed by atoms with Crippen LogP contribution >= 0.6 is 0 Å². The monoisotopic (exact) mass is 468 g/mol. The van der Waals surface area contributed by atoms with Crippen LogP contribution in [-0.4, -0.2) is 31.9 Å². The molecule has 0 aliphatic carbocycles. The summed E-state index contributed by atoms with van der Waals surface area (Å²) in [6, 6.07) is 22.9. The van der Waals surface area contributed by atoms with E-state index in [-0.39, 0.29) is 12.5 Å². The molecule has 0 fully saturated rings. The standard InChI is InChI=1S/C28H24N2O5/c1-4-16-34-26(21-12-10-20(11-13-21)19-8-6-5-7-9-19)27(31)30-28-23(18-29-35-28)22-14-15-24(32-2)25(17-22)33-3/h1,5-15,17-18,26H,16H2,2-3H3,(H,30,31). The van der Waals surface area contributed by atoms with Crippen molar-refractivity contribution < 1.29 is 23.5 Å². The van der Waals surface area contributed by atoms with Gasteiger partial charge in [0.2, 0.25) is 5.88 Å². The van der Waals surface area contributed by atoms with Crippen LogP contribution < -0.4 is 14.8 Å². The van der Waals surface area contributed by atoms with Crippen LogP contribution in [0.25, 0.3) is 22.3 Å². The van der Waals surface area contributed by atoms with Crippen LogP contribution in [0.3, 0.4) is 0 Å². The summed E-state index contributed by atoms with van der Waals surface area (Å²) in [6.07, 6.45) is 5.96. The number of terminal acetylenes is 1. The second kappa shape index (κ2) is 11.1. The Kier molecular flexibility index (Phi) is 7.46. The first-order valence-electron chi connectivity index (χ1n) is 10.8. The Hall–Kier alpha value is -4.54. The summed E-state index contributed by atoms with van der Waals surface area (Å²) in [4.78, 5) is 13.2. The molecule has 4 rings (SSSR count). The Bertz CT molecular complexity index is 1320. The minimum atomic E-state index is -0.945. The highest BCUT2D eigenvalue weighted by Gasteiger charge is 2.24. The van der Waals surface area contributed by atoms with Gasteiger partial charge in [-0.3, -0.25) is 10.1 Å². The van der Waals surface area contributed by atoms with Crippen LogP contribution in [0.1, 0.15) is 11.7 Å². The van der Waals surface area contributed by atoms with Gasteiger partial charge in [-0.1, -0.05) is 71.7 Å². The van der Waals surface area contributed by atoms with Crippen molar-refractivity contribution in [1.29, 1.82) is 0 Å². The van der Waals surface area contributed by atoms with Crippen molar-refractivity contribution in [1.82, 2.24) is 5.16 Å². The van der Waals surface area contributed by atoms with Gasteiger partial charge in [0.05, 0.1) is 26.0 Å². The summed E-state index contributed by atoms with van der Waals surface area (Å²) < 4.78 is 21.7. The lowest BCUT2D eigenvalue weighted by Gasteiger charge is -2.17. The molecule has 1 aromatic heterocycles. The normalized spacial score (nSPS) is 11.3. The van der Waals surface area contributed by atoms with E-state index < -0.39 is 12.0 Å². The van der Waals surface area contributed by atoms with Gasteiger partial charge < -0.3 is 18.7 Å². The minimum Gasteiger partial charge on any atom is -0.493 e. The number of nitrogens with zero attached hydrogens (tertiary/aromatic N) is 1. The van der Waals surface area contributed by atoms with E-state index in [1.165, 1.54) is 6.20 Å². The Balaban J connectivity index is 1.58. The fourth-order valence-electron chi connectivity index (χ4n) is 3.65. The number of benzene rings is 3. The Labute approximate surface area is 203 Å². The highest BCUT2D eigenvalue weighted by Crippen LogP contribution is 2.36. The molecule has 4 aromatic rings. The molecule has 1 N–H and O–H groups in total. The van der Waals surface area contributed by atoms with Gasteiger partial charge in [0, 0.05) is 0 Å². The molecule has 1 atom stereocenters. The predicted molar refractivity (Wildman–Crippen MR) is 133 cm³/mol. The number of hydrogen-bond donors (Lipinski definition) is 1. The van der Waals surface area contributed by atoms with E-state index in [1.54, 1.807) is 26.4 Å². The van der Waals surface area contributed by atoms with E-state index in [9.17, 15) is 4.79 Å². The number of anilines is 1. The van der Waals surface area contributed by atoms with E-state index in [0.717, 1.165) is 16.7 Å². The van der Waals surface area contributed by atoms with Crippen LogP contribution in [0.15, 0.2) is 83.5 Å². The zero-order valence-corrected chi connectivity index (χ0v) is 19.4. The van der Waals surface area contributed by atoms with Crippen molar-refractivity contribution in [2.75, 3.05) is 26.1 Å². The Morgan fingerprint density at radius 2 is 1.66 bits per heavy atom. The molecular formula is C28H24N2O5. The van der Waals surface area contributed by atoms with Gasteiger partial charge in [-0.2, -0.15) is 0 Å². The molecule has 0 aliphatic rings. The van der Waals surface area contributed by atoms with Crippen molar-refractivity contribution in [2.24, 2.45) is 0 Å². The number of carbonyl (C=O) groups is 1. The van der Waals surface area contributed by atoms with Gasteiger partial charge >= 0.3 is 0 Å². The van der Waals surface area contributed by atoms with Crippen molar-refractivity contribution >= 4 is 11.8 Å². The SMILES string of the molecule is C#CCOC(C(=O)Nc1oncc1-c1ccc(OC)c(OC)c1)c1ccc(-c2ccccc2)cc1. The van der Waals surface area contributed by atoms with Gasteiger partial charge in [0.15, 0.2) is 17.6 Å². The van der Waals surface area contributed by atoms with Crippen LogP contribution in [0.5, 0.6) is 11.5 Å². The summed E-state index contributed by atoms with van der Waals surface area (Å²) in [7, 11) is 3.11. The fourth-order valence-corrected chi connectivity index (χ4v) is 3.65. The van der Waals surface area contributed by atoms with Crippen molar-refractivity contribution in [3.8, 4) is 46.1 Å². The third-order valence-corrected chi connectivity index (χ3v) is 5.39. The molecule has 1 heterocycles. The number of aromatic nitrogens is 1. The van der Waals surface area contributed by atoms with Gasteiger partial charge in [-0.25, -0.2) is 0 Å². The van der Waals surface area contributed by atoms with E-state index in [2.05, 4.69) is 16.4 Å². The first-order valence-corrected chi connectivity index (χ1v) is 10.8. The van der Waals surface area contributed by atoms with Crippen molar-refractivity contribution in [2.45, 2.75) is 6.10 Å². The van der Waals surface area contributed by atoms with Crippen LogP contribution in [0, 0.1) is 12.3 Å². The molecule has 1 unspecified atom stereocenters. The first kappa shape index (κ1) is 23.6. The van der Waals surface area contributed by atoms with Gasteiger partial charge in [0.25, 0.3) is 5.91 Å². The average molecular weight is 469 g/mol. The topological polar surface area (TPSA) is 82.8 Å². The van der Waals surface area contributed by atoms with E-state index >= 15 is 0 Å². The number of methoxy groups -OCH3 is 2. The molecule has 1 amide bonds. The summed E-state index contributed by atoms with van der Waals surface area (Å²) in [5.41, 5.74) is 4.06. The van der Waals surface area contributed by atoms with E-state index in [4.69, 9.17) is 25.2 Å². The predicted octanol–water partition coefficient (Wildman–Crippen LogP) is 5.36. The van der Waals surface area contributed by atoms with Crippen LogP contribution in [-0.2, 0) is 9.53 Å². The molecule has 7 nitrogen and oxygen atoms in total. The lowest BCUT2D eigenvalue weighted by atomic mass is 10.0. The van der Waals surface area contributed by atoms with E-state index in [0.29, 0.717) is 22.6 Å². The number of hydrogen-bond acceptors (Lipinski definition) is 6. The lowest BCUT2D eigenvalue weighted by molar-refractivity contribution is -0.127. The molecule has 176 valence electrons. The number of ether oxygens (including phenoxy) is 3. The molecule has 0 saturated carbocycles. The molecule has 0 radical (unpaired) electrons. The van der Waals surface area contributed by atoms with Crippen molar-refractivity contribution in [3.63, 3.8) is 0 Å². The molecular weight excluding hydrogens is 444 g/mol. The Morgan fingerprint density at radius 1 is 0.971 bits per heavy atom. The highest BCUT2D eigenvalue weighted by molar-refractivity contribution is 5.97. The maximum atomic E-state index is 13.2. The summed E-state index contributed by atoms with van der Waals surface area (Å²) >= 11 is 0. The molecule has 3 aromatic carbocycles. The number of rotatable bonds is 9. The quantitative estimate of drug-likeness (QED) is 0.333. The molecule has 0 saturated heterocycles. The third-order valence-electron chi connectivity index (χ3n) is 5.39. The maximum Gasteiger partial charge on any atom is 0.260 e. The number of nitrogens with one attached hydrogen (secondary N) is 1. The smallest absolute Gasteiger partial charge is 0.260 e. The highest BCUT2D eigenvalue weighted by atomic mass is 16.5. The molecule has 0 aliphatic heterocycles. The van der Waals surface area contributed by atoms with Gasteiger partial charge in [0.1, 0.15) is 6.61 Å². The van der Waals surface area contributed by atoms with Crippen molar-refractivity contribution in [3.05, 3.63) is 84.6 Å². The van der Waals surface area contributed by atoms with Gasteiger partial charge in [-0.15, -0.1) is 6.42 Å². The molecule has 7 heteroatoms. The third kappa shape index (κ3) is 5.35.